The van der Waals surface area contributed by atoms with Gasteiger partial charge in [-0.05, 0) is 23.8 Å². The molecule has 1 nitrogen and oxygen atoms in total. The summed E-state index contributed by atoms with van der Waals surface area (Å²) >= 11 is 8.05. The van der Waals surface area contributed by atoms with Crippen LogP contribution in [0.5, 0.6) is 0 Å². The van der Waals surface area contributed by atoms with E-state index in [4.69, 9.17) is 17.3 Å². The smallest absolute Gasteiger partial charge is 0.0449 e. The first-order valence-electron chi connectivity index (χ1n) is 5.35. The zero-order valence-electron chi connectivity index (χ0n) is 9.08. The molecule has 1 aromatic rings. The van der Waals surface area contributed by atoms with E-state index in [2.05, 4.69) is 13.0 Å². The van der Waals surface area contributed by atoms with Crippen molar-refractivity contribution in [2.45, 2.75) is 25.0 Å². The quantitative estimate of drug-likeness (QED) is 0.768. The molecule has 0 aliphatic heterocycles. The van der Waals surface area contributed by atoms with Crippen molar-refractivity contribution in [3.8, 4) is 0 Å². The number of thioether (sulfide) groups is 1. The van der Waals surface area contributed by atoms with E-state index in [9.17, 15) is 0 Å². The molecule has 0 spiro atoms. The van der Waals surface area contributed by atoms with E-state index >= 15 is 0 Å². The molecule has 0 saturated heterocycles. The van der Waals surface area contributed by atoms with E-state index in [-0.39, 0.29) is 0 Å². The van der Waals surface area contributed by atoms with E-state index in [1.807, 2.05) is 30.0 Å². The Balaban J connectivity index is 2.61. The molecule has 1 atom stereocenters. The summed E-state index contributed by atoms with van der Waals surface area (Å²) in [7, 11) is 0. The van der Waals surface area contributed by atoms with Gasteiger partial charge in [0.25, 0.3) is 0 Å². The SMILES string of the molecule is CCCCSC(CN)c1ccccc1Cl. The van der Waals surface area contributed by atoms with Crippen molar-refractivity contribution >= 4 is 23.4 Å². The van der Waals surface area contributed by atoms with Gasteiger partial charge in [-0.2, -0.15) is 11.8 Å². The minimum atomic E-state index is 0.338. The van der Waals surface area contributed by atoms with E-state index in [0.29, 0.717) is 11.8 Å². The van der Waals surface area contributed by atoms with Gasteiger partial charge in [-0.15, -0.1) is 0 Å². The molecule has 2 N–H and O–H groups in total. The standard InChI is InChI=1S/C12H18ClNS/c1-2-3-8-15-12(9-14)10-6-4-5-7-11(10)13/h4-7,12H,2-3,8-9,14H2,1H3. The van der Waals surface area contributed by atoms with Crippen LogP contribution >= 0.6 is 23.4 Å². The van der Waals surface area contributed by atoms with Crippen LogP contribution in [0.15, 0.2) is 24.3 Å². The number of halogens is 1. The molecule has 3 heteroatoms. The molecule has 0 aliphatic rings. The van der Waals surface area contributed by atoms with Gasteiger partial charge >= 0.3 is 0 Å². The largest absolute Gasteiger partial charge is 0.329 e. The van der Waals surface area contributed by atoms with Crippen LogP contribution in [0.2, 0.25) is 5.02 Å². The van der Waals surface area contributed by atoms with Gasteiger partial charge in [0, 0.05) is 16.8 Å². The van der Waals surface area contributed by atoms with Gasteiger partial charge < -0.3 is 5.73 Å². The van der Waals surface area contributed by atoms with Crippen molar-refractivity contribution in [3.63, 3.8) is 0 Å². The van der Waals surface area contributed by atoms with Crippen LogP contribution in [0.3, 0.4) is 0 Å². The Morgan fingerprint density at radius 2 is 2.13 bits per heavy atom. The van der Waals surface area contributed by atoms with Crippen molar-refractivity contribution in [1.29, 1.82) is 0 Å². The van der Waals surface area contributed by atoms with Gasteiger partial charge in [0.1, 0.15) is 0 Å². The summed E-state index contributed by atoms with van der Waals surface area (Å²) in [5, 5.41) is 1.17. The summed E-state index contributed by atoms with van der Waals surface area (Å²) in [4.78, 5) is 0. The lowest BCUT2D eigenvalue weighted by molar-refractivity contribution is 0.883. The van der Waals surface area contributed by atoms with Crippen LogP contribution in [0.4, 0.5) is 0 Å². The summed E-state index contributed by atoms with van der Waals surface area (Å²) < 4.78 is 0. The lowest BCUT2D eigenvalue weighted by Gasteiger charge is -2.15. The monoisotopic (exact) mass is 243 g/mol. The Morgan fingerprint density at radius 3 is 2.73 bits per heavy atom. The average molecular weight is 244 g/mol. The lowest BCUT2D eigenvalue weighted by Crippen LogP contribution is -2.10. The first kappa shape index (κ1) is 12.9. The fourth-order valence-electron chi connectivity index (χ4n) is 1.39. The Labute approximate surface area is 101 Å². The zero-order chi connectivity index (χ0) is 11.1. The normalized spacial score (nSPS) is 12.7. The van der Waals surface area contributed by atoms with E-state index in [1.54, 1.807) is 0 Å². The molecule has 0 aliphatic carbocycles. The molecule has 1 aromatic carbocycles. The third kappa shape index (κ3) is 4.06. The first-order chi connectivity index (χ1) is 7.29. The van der Waals surface area contributed by atoms with Crippen molar-refractivity contribution in [2.75, 3.05) is 12.3 Å². The van der Waals surface area contributed by atoms with Crippen molar-refractivity contribution in [3.05, 3.63) is 34.9 Å². The number of rotatable bonds is 6. The molecule has 0 amide bonds. The van der Waals surface area contributed by atoms with Crippen molar-refractivity contribution < 1.29 is 0 Å². The minimum Gasteiger partial charge on any atom is -0.329 e. The second-order valence-electron chi connectivity index (χ2n) is 3.47. The lowest BCUT2D eigenvalue weighted by atomic mass is 10.1. The van der Waals surface area contributed by atoms with E-state index in [1.165, 1.54) is 18.4 Å². The average Bonchev–Trinajstić information content (AvgIpc) is 2.26. The highest BCUT2D eigenvalue weighted by Gasteiger charge is 2.12. The predicted molar refractivity (Wildman–Crippen MR) is 70.6 cm³/mol. The maximum absolute atomic E-state index is 6.14. The number of nitrogens with two attached hydrogens (primary N) is 1. The summed E-state index contributed by atoms with van der Waals surface area (Å²) in [5.74, 6) is 1.16. The molecule has 0 aromatic heterocycles. The Morgan fingerprint density at radius 1 is 1.40 bits per heavy atom. The van der Waals surface area contributed by atoms with Gasteiger partial charge in [0.05, 0.1) is 0 Å². The maximum Gasteiger partial charge on any atom is 0.0449 e. The van der Waals surface area contributed by atoms with Gasteiger partial charge in [-0.3, -0.25) is 0 Å². The van der Waals surface area contributed by atoms with Crippen LogP contribution in [-0.2, 0) is 0 Å². The fourth-order valence-corrected chi connectivity index (χ4v) is 2.98. The van der Waals surface area contributed by atoms with E-state index < -0.39 is 0 Å². The summed E-state index contributed by atoms with van der Waals surface area (Å²) in [6.45, 7) is 2.85. The molecule has 0 heterocycles. The molecule has 15 heavy (non-hydrogen) atoms. The maximum atomic E-state index is 6.14. The zero-order valence-corrected chi connectivity index (χ0v) is 10.7. The molecule has 1 unspecified atom stereocenters. The van der Waals surface area contributed by atoms with Crippen LogP contribution in [0.1, 0.15) is 30.6 Å². The first-order valence-corrected chi connectivity index (χ1v) is 6.78. The third-order valence-electron chi connectivity index (χ3n) is 2.28. The minimum absolute atomic E-state index is 0.338. The highest BCUT2D eigenvalue weighted by Crippen LogP contribution is 2.32. The molecule has 1 rings (SSSR count). The highest BCUT2D eigenvalue weighted by atomic mass is 35.5. The van der Waals surface area contributed by atoms with Crippen molar-refractivity contribution in [2.24, 2.45) is 5.73 Å². The molecule has 0 bridgehead atoms. The van der Waals surface area contributed by atoms with Crippen LogP contribution in [-0.4, -0.2) is 12.3 Å². The second-order valence-corrected chi connectivity index (χ2v) is 5.19. The Kier molecular flexibility index (Phi) is 6.15. The Bertz CT molecular complexity index is 291. The highest BCUT2D eigenvalue weighted by molar-refractivity contribution is 7.99. The second kappa shape index (κ2) is 7.15. The number of hydrogen-bond donors (Lipinski definition) is 1. The number of unbranched alkanes of at least 4 members (excludes halogenated alkanes) is 1. The fraction of sp³-hybridized carbons (Fsp3) is 0.500. The summed E-state index contributed by atoms with van der Waals surface area (Å²) in [6, 6.07) is 7.97. The molecular formula is C12H18ClNS. The topological polar surface area (TPSA) is 26.0 Å². The predicted octanol–water partition coefficient (Wildman–Crippen LogP) is 3.87. The molecular weight excluding hydrogens is 226 g/mol. The number of benzene rings is 1. The molecule has 0 radical (unpaired) electrons. The van der Waals surface area contributed by atoms with Gasteiger partial charge in [0.15, 0.2) is 0 Å². The van der Waals surface area contributed by atoms with Gasteiger partial charge in [-0.25, -0.2) is 0 Å². The molecule has 0 fully saturated rings. The third-order valence-corrected chi connectivity index (χ3v) is 4.00. The van der Waals surface area contributed by atoms with Gasteiger partial charge in [0.2, 0.25) is 0 Å². The van der Waals surface area contributed by atoms with Crippen LogP contribution in [0, 0.1) is 0 Å². The van der Waals surface area contributed by atoms with E-state index in [0.717, 1.165) is 10.8 Å². The van der Waals surface area contributed by atoms with Crippen LogP contribution in [0.25, 0.3) is 0 Å². The van der Waals surface area contributed by atoms with Gasteiger partial charge in [-0.1, -0.05) is 43.1 Å². The summed E-state index contributed by atoms with van der Waals surface area (Å²) in [5.41, 5.74) is 6.95. The van der Waals surface area contributed by atoms with Crippen molar-refractivity contribution in [1.82, 2.24) is 0 Å². The number of hydrogen-bond acceptors (Lipinski definition) is 2. The summed E-state index contributed by atoms with van der Waals surface area (Å²) in [6.07, 6.45) is 2.47. The molecule has 84 valence electrons. The Hall–Kier alpha value is -0.180. The van der Waals surface area contributed by atoms with Crippen LogP contribution < -0.4 is 5.73 Å². The molecule has 0 saturated carbocycles.